The van der Waals surface area contributed by atoms with Crippen LogP contribution in [0.2, 0.25) is 10.0 Å². The molecule has 0 aliphatic heterocycles. The van der Waals surface area contributed by atoms with Crippen molar-refractivity contribution in [3.8, 4) is 11.5 Å². The van der Waals surface area contributed by atoms with Gasteiger partial charge in [0.15, 0.2) is 5.75 Å². The lowest BCUT2D eigenvalue weighted by Gasteiger charge is -2.12. The Kier molecular flexibility index (Phi) is 5.06. The van der Waals surface area contributed by atoms with E-state index in [-0.39, 0.29) is 16.3 Å². The quantitative estimate of drug-likeness (QED) is 0.535. The monoisotopic (exact) mass is 423 g/mol. The average Bonchev–Trinajstić information content (AvgIpc) is 2.43. The minimum Gasteiger partial charge on any atom is -0.465 e. The van der Waals surface area contributed by atoms with Crippen LogP contribution < -0.4 is 4.74 Å². The molecular weight excluding hydrogens is 416 g/mol. The van der Waals surface area contributed by atoms with Crippen LogP contribution in [0.15, 0.2) is 30.6 Å². The van der Waals surface area contributed by atoms with Crippen LogP contribution in [0.5, 0.6) is 11.5 Å². The summed E-state index contributed by atoms with van der Waals surface area (Å²) in [5, 5.41) is 0.712. The maximum Gasteiger partial charge on any atom is 0.343 e. The summed E-state index contributed by atoms with van der Waals surface area (Å²) in [5.41, 5.74) is 0.160. The van der Waals surface area contributed by atoms with Gasteiger partial charge < -0.3 is 9.47 Å². The van der Waals surface area contributed by atoms with Crippen molar-refractivity contribution in [2.75, 3.05) is 7.11 Å². The molecule has 0 aliphatic rings. The van der Waals surface area contributed by atoms with Gasteiger partial charge in [-0.2, -0.15) is 0 Å². The maximum atomic E-state index is 11.8. The first-order chi connectivity index (χ1) is 9.54. The number of carbonyl (C=O) groups is 1. The largest absolute Gasteiger partial charge is 0.465 e. The van der Waals surface area contributed by atoms with Gasteiger partial charge in [0.05, 0.1) is 26.9 Å². The number of hydrogen-bond donors (Lipinski definition) is 0. The molecule has 0 bridgehead atoms. The number of carbonyl (C=O) groups excluding carboxylic acids is 1. The van der Waals surface area contributed by atoms with E-state index in [2.05, 4.69) is 4.98 Å². The topological polar surface area (TPSA) is 48.4 Å². The van der Waals surface area contributed by atoms with E-state index in [0.29, 0.717) is 14.3 Å². The summed E-state index contributed by atoms with van der Waals surface area (Å²) in [6.07, 6.45) is 3.02. The van der Waals surface area contributed by atoms with Crippen LogP contribution in [0, 0.1) is 3.57 Å². The lowest BCUT2D eigenvalue weighted by molar-refractivity contribution is 0.0598. The van der Waals surface area contributed by atoms with Gasteiger partial charge >= 0.3 is 5.97 Å². The van der Waals surface area contributed by atoms with E-state index < -0.39 is 5.97 Å². The van der Waals surface area contributed by atoms with Crippen molar-refractivity contribution in [2.45, 2.75) is 0 Å². The van der Waals surface area contributed by atoms with Crippen LogP contribution >= 0.6 is 45.8 Å². The molecule has 0 unspecified atom stereocenters. The minimum absolute atomic E-state index is 0.160. The normalized spacial score (nSPS) is 10.2. The van der Waals surface area contributed by atoms with E-state index >= 15 is 0 Å². The molecule has 0 aliphatic carbocycles. The first-order valence-electron chi connectivity index (χ1n) is 5.38. The molecule has 2 aromatic rings. The van der Waals surface area contributed by atoms with Crippen molar-refractivity contribution in [2.24, 2.45) is 0 Å². The second-order valence-corrected chi connectivity index (χ2v) is 5.53. The van der Waals surface area contributed by atoms with Crippen LogP contribution in [0.3, 0.4) is 0 Å². The van der Waals surface area contributed by atoms with Gasteiger partial charge in [0, 0.05) is 6.20 Å². The van der Waals surface area contributed by atoms with Gasteiger partial charge in [-0.15, -0.1) is 0 Å². The van der Waals surface area contributed by atoms with Gasteiger partial charge in [-0.05, 0) is 34.7 Å². The number of halogens is 3. The highest BCUT2D eigenvalue weighted by atomic mass is 127. The van der Waals surface area contributed by atoms with Gasteiger partial charge in [0.1, 0.15) is 11.3 Å². The number of aromatic nitrogens is 1. The molecule has 0 saturated carbocycles. The molecule has 4 nitrogen and oxygen atoms in total. The van der Waals surface area contributed by atoms with Gasteiger partial charge in [0.25, 0.3) is 0 Å². The van der Waals surface area contributed by atoms with Crippen molar-refractivity contribution in [1.29, 1.82) is 0 Å². The van der Waals surface area contributed by atoms with Crippen molar-refractivity contribution < 1.29 is 14.3 Å². The van der Waals surface area contributed by atoms with Crippen LogP contribution in [0.1, 0.15) is 10.4 Å². The Bertz CT molecular complexity index is 664. The number of esters is 1. The summed E-state index contributed by atoms with van der Waals surface area (Å²) in [6.45, 7) is 0. The zero-order valence-electron chi connectivity index (χ0n) is 10.2. The van der Waals surface area contributed by atoms with E-state index in [4.69, 9.17) is 32.7 Å². The Morgan fingerprint density at radius 1 is 1.20 bits per heavy atom. The van der Waals surface area contributed by atoms with E-state index in [1.54, 1.807) is 18.2 Å². The van der Waals surface area contributed by atoms with E-state index in [9.17, 15) is 4.79 Å². The fourth-order valence-electron chi connectivity index (χ4n) is 1.48. The molecule has 1 aromatic heterocycles. The third kappa shape index (κ3) is 3.16. The highest BCUT2D eigenvalue weighted by Gasteiger charge is 2.19. The molecule has 20 heavy (non-hydrogen) atoms. The molecule has 0 fully saturated rings. The first kappa shape index (κ1) is 15.3. The van der Waals surface area contributed by atoms with E-state index in [1.807, 2.05) is 22.6 Å². The van der Waals surface area contributed by atoms with E-state index in [1.165, 1.54) is 19.5 Å². The fraction of sp³-hybridized carbons (Fsp3) is 0.0769. The Hall–Kier alpha value is -1.05. The highest BCUT2D eigenvalue weighted by molar-refractivity contribution is 14.1. The summed E-state index contributed by atoms with van der Waals surface area (Å²) in [5.74, 6) is 0.146. The van der Waals surface area contributed by atoms with Crippen LogP contribution in [0.4, 0.5) is 0 Å². The third-order valence-corrected chi connectivity index (χ3v) is 4.42. The summed E-state index contributed by atoms with van der Waals surface area (Å²) < 4.78 is 11.1. The average molecular weight is 424 g/mol. The van der Waals surface area contributed by atoms with Crippen molar-refractivity contribution in [3.05, 3.63) is 49.8 Å². The number of ether oxygens (including phenoxy) is 2. The zero-order chi connectivity index (χ0) is 14.7. The standard InChI is InChI=1S/C13H8Cl2INO3/c1-19-13(18)11-7(14)3-2-4-9(11)20-10-6-17-5-8(15)12(10)16/h2-6H,1H3. The Morgan fingerprint density at radius 2 is 1.95 bits per heavy atom. The predicted octanol–water partition coefficient (Wildman–Crippen LogP) is 4.57. The summed E-state index contributed by atoms with van der Waals surface area (Å²) in [4.78, 5) is 15.7. The molecule has 0 atom stereocenters. The molecule has 0 N–H and O–H groups in total. The smallest absolute Gasteiger partial charge is 0.343 e. The number of benzene rings is 1. The number of pyridine rings is 1. The molecule has 0 amide bonds. The summed E-state index contributed by atoms with van der Waals surface area (Å²) in [6, 6.07) is 4.88. The summed E-state index contributed by atoms with van der Waals surface area (Å²) in [7, 11) is 1.28. The van der Waals surface area contributed by atoms with Crippen LogP contribution in [0.25, 0.3) is 0 Å². The van der Waals surface area contributed by atoms with Crippen LogP contribution in [-0.2, 0) is 4.74 Å². The van der Waals surface area contributed by atoms with Gasteiger partial charge in [-0.1, -0.05) is 29.3 Å². The number of rotatable bonds is 3. The molecule has 0 radical (unpaired) electrons. The molecule has 1 aromatic carbocycles. The Labute approximate surface area is 139 Å². The van der Waals surface area contributed by atoms with E-state index in [0.717, 1.165) is 0 Å². The van der Waals surface area contributed by atoms with Crippen molar-refractivity contribution in [1.82, 2.24) is 4.98 Å². The lowest BCUT2D eigenvalue weighted by atomic mass is 10.2. The summed E-state index contributed by atoms with van der Waals surface area (Å²) >= 11 is 14.0. The fourth-order valence-corrected chi connectivity index (χ4v) is 2.26. The van der Waals surface area contributed by atoms with Crippen molar-refractivity contribution in [3.63, 3.8) is 0 Å². The minimum atomic E-state index is -0.574. The number of nitrogens with zero attached hydrogens (tertiary/aromatic N) is 1. The molecule has 1 heterocycles. The molecule has 2 rings (SSSR count). The number of methoxy groups -OCH3 is 1. The second-order valence-electron chi connectivity index (χ2n) is 3.64. The highest BCUT2D eigenvalue weighted by Crippen LogP contribution is 2.34. The Morgan fingerprint density at radius 3 is 2.65 bits per heavy atom. The molecular formula is C13H8Cl2INO3. The lowest BCUT2D eigenvalue weighted by Crippen LogP contribution is -2.05. The molecule has 7 heteroatoms. The predicted molar refractivity (Wildman–Crippen MR) is 84.8 cm³/mol. The SMILES string of the molecule is COC(=O)c1c(Cl)cccc1Oc1cncc(Cl)c1I. The Balaban J connectivity index is 2.46. The third-order valence-electron chi connectivity index (χ3n) is 2.39. The van der Waals surface area contributed by atoms with Crippen molar-refractivity contribution >= 4 is 51.8 Å². The molecule has 0 saturated heterocycles. The zero-order valence-corrected chi connectivity index (χ0v) is 13.9. The first-order valence-corrected chi connectivity index (χ1v) is 7.21. The second kappa shape index (κ2) is 6.60. The molecule has 104 valence electrons. The van der Waals surface area contributed by atoms with Crippen LogP contribution in [-0.4, -0.2) is 18.1 Å². The van der Waals surface area contributed by atoms with Gasteiger partial charge in [0.2, 0.25) is 0 Å². The number of hydrogen-bond acceptors (Lipinski definition) is 4. The van der Waals surface area contributed by atoms with Gasteiger partial charge in [-0.3, -0.25) is 4.98 Å². The maximum absolute atomic E-state index is 11.8. The van der Waals surface area contributed by atoms with Gasteiger partial charge in [-0.25, -0.2) is 4.79 Å². The molecule has 0 spiro atoms.